The molecule has 0 aliphatic carbocycles. The summed E-state index contributed by atoms with van der Waals surface area (Å²) in [6.07, 6.45) is 0.444. The molecule has 0 aliphatic rings. The van der Waals surface area contributed by atoms with Gasteiger partial charge in [0.2, 0.25) is 0 Å². The van der Waals surface area contributed by atoms with Crippen LogP contribution in [0.2, 0.25) is 5.02 Å². The zero-order chi connectivity index (χ0) is 13.7. The van der Waals surface area contributed by atoms with Gasteiger partial charge in [-0.1, -0.05) is 17.7 Å². The molecule has 0 fully saturated rings. The van der Waals surface area contributed by atoms with Crippen molar-refractivity contribution >= 4 is 17.6 Å². The number of nitrogens with two attached hydrogens (primary N) is 1. The summed E-state index contributed by atoms with van der Waals surface area (Å²) in [6, 6.07) is 4.69. The molecular weight excluding hydrogens is 254 g/mol. The van der Waals surface area contributed by atoms with Gasteiger partial charge in [0.25, 0.3) is 0 Å². The molecule has 0 radical (unpaired) electrons. The Bertz CT molecular complexity index is 421. The van der Waals surface area contributed by atoms with Gasteiger partial charge in [-0.15, -0.1) is 0 Å². The number of halogens is 1. The molecule has 1 atom stereocenters. The highest BCUT2D eigenvalue weighted by Gasteiger charge is 2.15. The Kier molecular flexibility index (Phi) is 5.44. The molecule has 1 aromatic rings. The first-order chi connectivity index (χ1) is 8.43. The van der Waals surface area contributed by atoms with Gasteiger partial charge in [0.1, 0.15) is 11.8 Å². The highest BCUT2D eigenvalue weighted by Crippen LogP contribution is 2.26. The molecule has 0 spiro atoms. The predicted octanol–water partition coefficient (Wildman–Crippen LogP) is 2.17. The summed E-state index contributed by atoms with van der Waals surface area (Å²) in [6.45, 7) is 3.86. The van der Waals surface area contributed by atoms with Crippen molar-refractivity contribution in [3.05, 3.63) is 28.8 Å². The van der Waals surface area contributed by atoms with Crippen LogP contribution in [0.3, 0.4) is 0 Å². The molecule has 0 aliphatic heterocycles. The van der Waals surface area contributed by atoms with Crippen molar-refractivity contribution in [3.8, 4) is 5.75 Å². The maximum absolute atomic E-state index is 11.2. The van der Waals surface area contributed by atoms with Gasteiger partial charge >= 0.3 is 5.97 Å². The number of benzene rings is 1. The van der Waals surface area contributed by atoms with Crippen LogP contribution < -0.4 is 10.5 Å². The number of carbonyl (C=O) groups excluding carboxylic acids is 1. The lowest BCUT2D eigenvalue weighted by atomic mass is 10.1. The van der Waals surface area contributed by atoms with Crippen molar-refractivity contribution in [2.45, 2.75) is 32.4 Å². The van der Waals surface area contributed by atoms with Gasteiger partial charge in [0.15, 0.2) is 0 Å². The average molecular weight is 272 g/mol. The van der Waals surface area contributed by atoms with E-state index in [1.165, 1.54) is 7.11 Å². The van der Waals surface area contributed by atoms with Crippen molar-refractivity contribution in [2.24, 2.45) is 5.73 Å². The molecule has 4 nitrogen and oxygen atoms in total. The van der Waals surface area contributed by atoms with Crippen LogP contribution in [0.4, 0.5) is 0 Å². The van der Waals surface area contributed by atoms with Crippen LogP contribution in [0.5, 0.6) is 5.75 Å². The number of ether oxygens (including phenoxy) is 2. The second-order valence-corrected chi connectivity index (χ2v) is 4.67. The summed E-state index contributed by atoms with van der Waals surface area (Å²) in [5.74, 6) is 0.190. The van der Waals surface area contributed by atoms with Crippen LogP contribution in [0, 0.1) is 0 Å². The molecule has 100 valence electrons. The fourth-order valence-corrected chi connectivity index (χ4v) is 1.76. The first-order valence-electron chi connectivity index (χ1n) is 5.72. The zero-order valence-corrected chi connectivity index (χ0v) is 11.5. The largest absolute Gasteiger partial charge is 0.489 e. The summed E-state index contributed by atoms with van der Waals surface area (Å²) < 4.78 is 10.1. The summed E-state index contributed by atoms with van der Waals surface area (Å²) in [5, 5.41) is 0.512. The zero-order valence-electron chi connectivity index (χ0n) is 10.8. The van der Waals surface area contributed by atoms with E-state index >= 15 is 0 Å². The number of esters is 1. The van der Waals surface area contributed by atoms with Crippen LogP contribution >= 0.6 is 11.6 Å². The molecule has 0 aromatic heterocycles. The number of methoxy groups -OCH3 is 1. The molecule has 0 saturated heterocycles. The maximum atomic E-state index is 11.2. The number of carbonyl (C=O) groups is 1. The van der Waals surface area contributed by atoms with E-state index in [1.54, 1.807) is 12.1 Å². The molecule has 1 aromatic carbocycles. The van der Waals surface area contributed by atoms with Crippen LogP contribution in [-0.2, 0) is 16.0 Å². The fourth-order valence-electron chi connectivity index (χ4n) is 1.51. The monoisotopic (exact) mass is 271 g/mol. The third-order valence-corrected chi connectivity index (χ3v) is 2.61. The molecule has 1 unspecified atom stereocenters. The Hall–Kier alpha value is -1.26. The second-order valence-electron chi connectivity index (χ2n) is 4.27. The minimum atomic E-state index is -0.678. The van der Waals surface area contributed by atoms with E-state index < -0.39 is 12.0 Å². The van der Waals surface area contributed by atoms with E-state index in [0.29, 0.717) is 17.2 Å². The summed E-state index contributed by atoms with van der Waals surface area (Å²) in [5.41, 5.74) is 6.55. The van der Waals surface area contributed by atoms with Gasteiger partial charge in [0.05, 0.1) is 18.2 Å². The Balaban J connectivity index is 2.75. The van der Waals surface area contributed by atoms with Gasteiger partial charge in [-0.25, -0.2) is 0 Å². The standard InChI is InChI=1S/C13H18ClNO3/c1-8(2)18-12-5-4-9(6-10(12)14)7-11(15)13(16)17-3/h4-6,8,11H,7,15H2,1-3H3. The van der Waals surface area contributed by atoms with E-state index in [4.69, 9.17) is 22.1 Å². The topological polar surface area (TPSA) is 61.5 Å². The lowest BCUT2D eigenvalue weighted by molar-refractivity contribution is -0.142. The van der Waals surface area contributed by atoms with Crippen LogP contribution in [-0.4, -0.2) is 25.2 Å². The average Bonchev–Trinajstić information content (AvgIpc) is 2.31. The Morgan fingerprint density at radius 2 is 2.11 bits per heavy atom. The van der Waals surface area contributed by atoms with Gasteiger partial charge in [-0.3, -0.25) is 4.79 Å². The molecule has 2 N–H and O–H groups in total. The van der Waals surface area contributed by atoms with E-state index in [9.17, 15) is 4.79 Å². The molecular formula is C13H18ClNO3. The number of rotatable bonds is 5. The van der Waals surface area contributed by atoms with Crippen LogP contribution in [0.25, 0.3) is 0 Å². The molecule has 0 amide bonds. The molecule has 0 bridgehead atoms. The van der Waals surface area contributed by atoms with Crippen LogP contribution in [0.1, 0.15) is 19.4 Å². The number of hydrogen-bond acceptors (Lipinski definition) is 4. The van der Waals surface area contributed by atoms with E-state index in [0.717, 1.165) is 5.56 Å². The van der Waals surface area contributed by atoms with Gasteiger partial charge in [-0.2, -0.15) is 0 Å². The predicted molar refractivity (Wildman–Crippen MR) is 70.9 cm³/mol. The van der Waals surface area contributed by atoms with Crippen molar-refractivity contribution in [1.29, 1.82) is 0 Å². The first-order valence-corrected chi connectivity index (χ1v) is 6.10. The lowest BCUT2D eigenvalue weighted by Gasteiger charge is -2.13. The fraction of sp³-hybridized carbons (Fsp3) is 0.462. The summed E-state index contributed by atoms with van der Waals surface area (Å²) in [4.78, 5) is 11.2. The van der Waals surface area contributed by atoms with Crippen molar-refractivity contribution in [3.63, 3.8) is 0 Å². The van der Waals surface area contributed by atoms with E-state index in [2.05, 4.69) is 4.74 Å². The van der Waals surface area contributed by atoms with Crippen LogP contribution in [0.15, 0.2) is 18.2 Å². The van der Waals surface area contributed by atoms with Gasteiger partial charge in [-0.05, 0) is 38.0 Å². The van der Waals surface area contributed by atoms with Crippen molar-refractivity contribution in [2.75, 3.05) is 7.11 Å². The minimum absolute atomic E-state index is 0.0608. The Morgan fingerprint density at radius 3 is 2.61 bits per heavy atom. The molecule has 18 heavy (non-hydrogen) atoms. The molecule has 0 saturated carbocycles. The molecule has 0 heterocycles. The van der Waals surface area contributed by atoms with Gasteiger partial charge < -0.3 is 15.2 Å². The second kappa shape index (κ2) is 6.61. The smallest absolute Gasteiger partial charge is 0.322 e. The highest BCUT2D eigenvalue weighted by atomic mass is 35.5. The molecule has 5 heteroatoms. The SMILES string of the molecule is COC(=O)C(N)Cc1ccc(OC(C)C)c(Cl)c1. The highest BCUT2D eigenvalue weighted by molar-refractivity contribution is 6.32. The quantitative estimate of drug-likeness (QED) is 0.834. The third kappa shape index (κ3) is 4.20. The van der Waals surface area contributed by atoms with Crippen molar-refractivity contribution in [1.82, 2.24) is 0 Å². The molecule has 1 rings (SSSR count). The summed E-state index contributed by atoms with van der Waals surface area (Å²) >= 11 is 6.09. The lowest BCUT2D eigenvalue weighted by Crippen LogP contribution is -2.33. The Morgan fingerprint density at radius 1 is 1.44 bits per heavy atom. The van der Waals surface area contributed by atoms with Crippen molar-refractivity contribution < 1.29 is 14.3 Å². The van der Waals surface area contributed by atoms with Gasteiger partial charge in [0, 0.05) is 0 Å². The third-order valence-electron chi connectivity index (χ3n) is 2.32. The normalized spacial score (nSPS) is 12.3. The van der Waals surface area contributed by atoms with E-state index in [-0.39, 0.29) is 6.10 Å². The summed E-state index contributed by atoms with van der Waals surface area (Å²) in [7, 11) is 1.31. The maximum Gasteiger partial charge on any atom is 0.322 e. The minimum Gasteiger partial charge on any atom is -0.489 e. The Labute approximate surface area is 112 Å². The van der Waals surface area contributed by atoms with E-state index in [1.807, 2.05) is 19.9 Å². The number of hydrogen-bond donors (Lipinski definition) is 1. The first kappa shape index (κ1) is 14.8.